The third kappa shape index (κ3) is 3.33. The summed E-state index contributed by atoms with van der Waals surface area (Å²) >= 11 is 0. The fourth-order valence-corrected chi connectivity index (χ4v) is 4.02. The molecule has 6 heteroatoms. The first-order valence-electron chi connectivity index (χ1n) is 7.55. The molecule has 2 aromatic carbocycles. The maximum atomic E-state index is 12.7. The SMILES string of the molecule is CCN(CC1COc2ccccc2O1)S(=O)(=O)c1ccccc1. The molecule has 1 heterocycles. The molecule has 0 radical (unpaired) electrons. The van der Waals surface area contributed by atoms with Gasteiger partial charge in [-0.3, -0.25) is 0 Å². The molecule has 3 rings (SSSR count). The van der Waals surface area contributed by atoms with Crippen LogP contribution in [0, 0.1) is 0 Å². The van der Waals surface area contributed by atoms with Crippen molar-refractivity contribution in [2.75, 3.05) is 19.7 Å². The van der Waals surface area contributed by atoms with Gasteiger partial charge < -0.3 is 9.47 Å². The molecule has 0 spiro atoms. The normalized spacial score (nSPS) is 17.2. The predicted octanol–water partition coefficient (Wildman–Crippen LogP) is 2.54. The van der Waals surface area contributed by atoms with Crippen molar-refractivity contribution < 1.29 is 17.9 Å². The van der Waals surface area contributed by atoms with Gasteiger partial charge in [-0.2, -0.15) is 4.31 Å². The van der Waals surface area contributed by atoms with Gasteiger partial charge in [-0.15, -0.1) is 0 Å². The predicted molar refractivity (Wildman–Crippen MR) is 87.2 cm³/mol. The molecule has 0 saturated carbocycles. The van der Waals surface area contributed by atoms with Crippen LogP contribution in [0.25, 0.3) is 0 Å². The Hall–Kier alpha value is -2.05. The van der Waals surface area contributed by atoms with Crippen LogP contribution in [0.1, 0.15) is 6.92 Å². The topological polar surface area (TPSA) is 55.8 Å². The number of nitrogens with zero attached hydrogens (tertiary/aromatic N) is 1. The molecule has 0 saturated heterocycles. The smallest absolute Gasteiger partial charge is 0.243 e. The van der Waals surface area contributed by atoms with Gasteiger partial charge in [-0.05, 0) is 24.3 Å². The largest absolute Gasteiger partial charge is 0.486 e. The van der Waals surface area contributed by atoms with E-state index in [4.69, 9.17) is 9.47 Å². The number of likely N-dealkylation sites (N-methyl/N-ethyl adjacent to an activating group) is 1. The number of para-hydroxylation sites is 2. The molecule has 1 aliphatic heterocycles. The molecule has 23 heavy (non-hydrogen) atoms. The summed E-state index contributed by atoms with van der Waals surface area (Å²) < 4.78 is 38.4. The van der Waals surface area contributed by atoms with E-state index in [9.17, 15) is 8.42 Å². The highest BCUT2D eigenvalue weighted by atomic mass is 32.2. The van der Waals surface area contributed by atoms with E-state index in [0.717, 1.165) is 0 Å². The number of benzene rings is 2. The van der Waals surface area contributed by atoms with Crippen molar-refractivity contribution in [3.63, 3.8) is 0 Å². The minimum atomic E-state index is -3.53. The van der Waals surface area contributed by atoms with Crippen LogP contribution in [0.3, 0.4) is 0 Å². The molecule has 2 aromatic rings. The summed E-state index contributed by atoms with van der Waals surface area (Å²) in [5.41, 5.74) is 0. The van der Waals surface area contributed by atoms with E-state index in [1.807, 2.05) is 31.2 Å². The van der Waals surface area contributed by atoms with Crippen LogP contribution in [0.4, 0.5) is 0 Å². The Morgan fingerprint density at radius 2 is 1.70 bits per heavy atom. The van der Waals surface area contributed by atoms with Gasteiger partial charge >= 0.3 is 0 Å². The number of ether oxygens (including phenoxy) is 2. The van der Waals surface area contributed by atoms with Crippen LogP contribution in [-0.2, 0) is 10.0 Å². The van der Waals surface area contributed by atoms with Gasteiger partial charge in [0.2, 0.25) is 10.0 Å². The molecule has 0 aromatic heterocycles. The highest BCUT2D eigenvalue weighted by molar-refractivity contribution is 7.89. The van der Waals surface area contributed by atoms with Crippen molar-refractivity contribution in [3.8, 4) is 11.5 Å². The molecule has 5 nitrogen and oxygen atoms in total. The molecular weight excluding hydrogens is 314 g/mol. The van der Waals surface area contributed by atoms with Crippen LogP contribution >= 0.6 is 0 Å². The number of hydrogen-bond donors (Lipinski definition) is 0. The first-order chi connectivity index (χ1) is 11.1. The first-order valence-corrected chi connectivity index (χ1v) is 8.99. The average Bonchev–Trinajstić information content (AvgIpc) is 2.60. The quantitative estimate of drug-likeness (QED) is 0.844. The van der Waals surface area contributed by atoms with Crippen LogP contribution < -0.4 is 9.47 Å². The highest BCUT2D eigenvalue weighted by Gasteiger charge is 2.29. The van der Waals surface area contributed by atoms with Crippen LogP contribution in [0.5, 0.6) is 11.5 Å². The summed E-state index contributed by atoms with van der Waals surface area (Å²) in [6, 6.07) is 15.8. The monoisotopic (exact) mass is 333 g/mol. The lowest BCUT2D eigenvalue weighted by Gasteiger charge is -2.30. The van der Waals surface area contributed by atoms with Crippen LogP contribution in [0.2, 0.25) is 0 Å². The number of hydrogen-bond acceptors (Lipinski definition) is 4. The summed E-state index contributed by atoms with van der Waals surface area (Å²) in [4.78, 5) is 0.291. The molecule has 0 aliphatic carbocycles. The summed E-state index contributed by atoms with van der Waals surface area (Å²) in [6.45, 7) is 2.77. The van der Waals surface area contributed by atoms with Gasteiger partial charge in [0.1, 0.15) is 12.7 Å². The first kappa shape index (κ1) is 15.8. The zero-order valence-corrected chi connectivity index (χ0v) is 13.7. The van der Waals surface area contributed by atoms with Gasteiger partial charge in [0, 0.05) is 6.54 Å². The third-order valence-corrected chi connectivity index (χ3v) is 5.66. The number of sulfonamides is 1. The van der Waals surface area contributed by atoms with Crippen molar-refractivity contribution in [2.24, 2.45) is 0 Å². The van der Waals surface area contributed by atoms with Gasteiger partial charge in [0.25, 0.3) is 0 Å². The van der Waals surface area contributed by atoms with Crippen molar-refractivity contribution >= 4 is 10.0 Å². The van der Waals surface area contributed by atoms with Gasteiger partial charge in [0.15, 0.2) is 11.5 Å². The van der Waals surface area contributed by atoms with E-state index in [-0.39, 0.29) is 12.6 Å². The molecular formula is C17H19NO4S. The van der Waals surface area contributed by atoms with E-state index >= 15 is 0 Å². The maximum Gasteiger partial charge on any atom is 0.243 e. The highest BCUT2D eigenvalue weighted by Crippen LogP contribution is 2.31. The molecule has 1 unspecified atom stereocenters. The van der Waals surface area contributed by atoms with Crippen molar-refractivity contribution in [3.05, 3.63) is 54.6 Å². The van der Waals surface area contributed by atoms with Crippen molar-refractivity contribution in [1.29, 1.82) is 0 Å². The minimum Gasteiger partial charge on any atom is -0.486 e. The maximum absolute atomic E-state index is 12.7. The van der Waals surface area contributed by atoms with E-state index < -0.39 is 10.0 Å². The molecule has 0 N–H and O–H groups in total. The second kappa shape index (κ2) is 6.60. The molecule has 122 valence electrons. The Kier molecular flexibility index (Phi) is 4.54. The Labute approximate surface area is 136 Å². The molecule has 1 aliphatic rings. The van der Waals surface area contributed by atoms with E-state index in [1.54, 1.807) is 30.3 Å². The molecule has 0 bridgehead atoms. The molecule has 1 atom stereocenters. The van der Waals surface area contributed by atoms with Crippen LogP contribution in [0.15, 0.2) is 59.5 Å². The summed E-state index contributed by atoms with van der Waals surface area (Å²) in [6.07, 6.45) is -0.330. The Balaban J connectivity index is 1.76. The Morgan fingerprint density at radius 1 is 1.04 bits per heavy atom. The number of fused-ring (bicyclic) bond motifs is 1. The Morgan fingerprint density at radius 3 is 2.39 bits per heavy atom. The average molecular weight is 333 g/mol. The lowest BCUT2D eigenvalue weighted by atomic mass is 10.2. The number of rotatable bonds is 5. The van der Waals surface area contributed by atoms with Crippen molar-refractivity contribution in [2.45, 2.75) is 17.9 Å². The molecule has 0 amide bonds. The minimum absolute atomic E-state index is 0.252. The van der Waals surface area contributed by atoms with Gasteiger partial charge in [-0.25, -0.2) is 8.42 Å². The molecule has 0 fully saturated rings. The van der Waals surface area contributed by atoms with Gasteiger partial charge in [-0.1, -0.05) is 37.3 Å². The van der Waals surface area contributed by atoms with Crippen LogP contribution in [-0.4, -0.2) is 38.5 Å². The van der Waals surface area contributed by atoms with E-state index in [0.29, 0.717) is 29.5 Å². The summed E-state index contributed by atoms with van der Waals surface area (Å²) in [5, 5.41) is 0. The summed E-state index contributed by atoms with van der Waals surface area (Å²) in [7, 11) is -3.53. The van der Waals surface area contributed by atoms with E-state index in [2.05, 4.69) is 0 Å². The zero-order chi connectivity index (χ0) is 16.3. The fourth-order valence-electron chi connectivity index (χ4n) is 2.52. The van der Waals surface area contributed by atoms with Gasteiger partial charge in [0.05, 0.1) is 11.4 Å². The van der Waals surface area contributed by atoms with Crippen molar-refractivity contribution in [1.82, 2.24) is 4.31 Å². The second-order valence-corrected chi connectivity index (χ2v) is 7.20. The Bertz CT molecular complexity index is 761. The van der Waals surface area contributed by atoms with E-state index in [1.165, 1.54) is 4.31 Å². The zero-order valence-electron chi connectivity index (χ0n) is 12.9. The lowest BCUT2D eigenvalue weighted by molar-refractivity contribution is 0.0771. The summed E-state index contributed by atoms with van der Waals surface area (Å²) in [5.74, 6) is 1.34. The second-order valence-electron chi connectivity index (χ2n) is 5.27. The standard InChI is InChI=1S/C17H19NO4S/c1-2-18(23(19,20)15-8-4-3-5-9-15)12-14-13-21-16-10-6-7-11-17(16)22-14/h3-11,14H,2,12-13H2,1H3. The lowest BCUT2D eigenvalue weighted by Crippen LogP contribution is -2.43. The third-order valence-electron chi connectivity index (χ3n) is 3.71. The fraction of sp³-hybridized carbons (Fsp3) is 0.294.